The number of ether oxygens (including phenoxy) is 5. The van der Waals surface area contributed by atoms with Crippen LogP contribution >= 0.6 is 0 Å². The molecule has 162 valence electrons. The lowest BCUT2D eigenvalue weighted by Crippen LogP contribution is -2.26. The number of amides is 1. The van der Waals surface area contributed by atoms with E-state index < -0.39 is 10.8 Å². The second-order valence-corrected chi connectivity index (χ2v) is 6.01. The third-order valence-electron chi connectivity index (χ3n) is 4.41. The zero-order chi connectivity index (χ0) is 22.3. The van der Waals surface area contributed by atoms with Gasteiger partial charge >= 0.3 is 0 Å². The van der Waals surface area contributed by atoms with Gasteiger partial charge in [-0.15, -0.1) is 0 Å². The molecule has 0 bridgehead atoms. The highest BCUT2D eigenvalue weighted by Crippen LogP contribution is 2.35. The largest absolute Gasteiger partial charge is 0.496 e. The number of nitrogens with zero attached hydrogens (tertiary/aromatic N) is 1. The molecule has 0 aromatic heterocycles. The number of nitro groups is 1. The van der Waals surface area contributed by atoms with Gasteiger partial charge in [0.2, 0.25) is 0 Å². The van der Waals surface area contributed by atoms with Crippen LogP contribution in [-0.2, 0) is 6.42 Å². The summed E-state index contributed by atoms with van der Waals surface area (Å²) >= 11 is 0. The van der Waals surface area contributed by atoms with E-state index in [0.717, 1.165) is 0 Å². The van der Waals surface area contributed by atoms with E-state index in [0.29, 0.717) is 28.6 Å². The molecular formula is C20H24N2O8. The van der Waals surface area contributed by atoms with Gasteiger partial charge in [-0.25, -0.2) is 0 Å². The fraction of sp³-hybridized carbons (Fsp3) is 0.350. The first-order chi connectivity index (χ1) is 14.4. The topological polar surface area (TPSA) is 118 Å². The Balaban J connectivity index is 2.21. The molecule has 1 N–H and O–H groups in total. The zero-order valence-electron chi connectivity index (χ0n) is 17.4. The second-order valence-electron chi connectivity index (χ2n) is 6.01. The third kappa shape index (κ3) is 4.83. The molecule has 0 fully saturated rings. The Labute approximate surface area is 173 Å². The van der Waals surface area contributed by atoms with Gasteiger partial charge in [-0.1, -0.05) is 0 Å². The number of nitrogens with one attached hydrogen (secondary N) is 1. The predicted molar refractivity (Wildman–Crippen MR) is 108 cm³/mol. The maximum absolute atomic E-state index is 12.7. The molecule has 0 saturated carbocycles. The first-order valence-corrected chi connectivity index (χ1v) is 8.87. The lowest BCUT2D eigenvalue weighted by Gasteiger charge is -2.14. The molecule has 10 heteroatoms. The molecule has 2 aromatic carbocycles. The average molecular weight is 420 g/mol. The van der Waals surface area contributed by atoms with Gasteiger partial charge in [0.05, 0.1) is 52.1 Å². The van der Waals surface area contributed by atoms with Crippen LogP contribution in [0.3, 0.4) is 0 Å². The highest BCUT2D eigenvalue weighted by atomic mass is 16.6. The SMILES string of the molecule is COc1cc(CCNC(=O)c2cc(OC)c(OC)cc2OC)c([N+](=O)[O-])cc1OC. The number of nitro benzene ring substituents is 1. The van der Waals surface area contributed by atoms with E-state index in [1.165, 1.54) is 53.7 Å². The van der Waals surface area contributed by atoms with Crippen molar-refractivity contribution in [2.45, 2.75) is 6.42 Å². The van der Waals surface area contributed by atoms with E-state index in [4.69, 9.17) is 23.7 Å². The molecular weight excluding hydrogens is 396 g/mol. The van der Waals surface area contributed by atoms with Gasteiger partial charge in [-0.05, 0) is 12.5 Å². The van der Waals surface area contributed by atoms with Crippen molar-refractivity contribution in [1.29, 1.82) is 0 Å². The Morgan fingerprint density at radius 3 is 1.87 bits per heavy atom. The molecule has 0 aliphatic carbocycles. The molecule has 0 aliphatic rings. The van der Waals surface area contributed by atoms with Crippen molar-refractivity contribution in [3.63, 3.8) is 0 Å². The first kappa shape index (κ1) is 22.6. The number of carbonyl (C=O) groups excluding carboxylic acids is 1. The van der Waals surface area contributed by atoms with Crippen LogP contribution in [0.5, 0.6) is 28.7 Å². The van der Waals surface area contributed by atoms with Crippen LogP contribution in [0.4, 0.5) is 5.69 Å². The molecule has 2 aromatic rings. The Morgan fingerprint density at radius 2 is 1.33 bits per heavy atom. The minimum atomic E-state index is -0.503. The number of hydrogen-bond acceptors (Lipinski definition) is 8. The third-order valence-corrected chi connectivity index (χ3v) is 4.41. The molecule has 0 spiro atoms. The average Bonchev–Trinajstić information content (AvgIpc) is 2.77. The van der Waals surface area contributed by atoms with Crippen molar-refractivity contribution >= 4 is 11.6 Å². The Bertz CT molecular complexity index is 930. The zero-order valence-corrected chi connectivity index (χ0v) is 17.4. The van der Waals surface area contributed by atoms with E-state index in [1.807, 2.05) is 0 Å². The second kappa shape index (κ2) is 10.2. The van der Waals surface area contributed by atoms with E-state index in [-0.39, 0.29) is 30.0 Å². The van der Waals surface area contributed by atoms with E-state index in [2.05, 4.69) is 5.32 Å². The van der Waals surface area contributed by atoms with Crippen LogP contribution in [0.15, 0.2) is 24.3 Å². The van der Waals surface area contributed by atoms with Crippen molar-refractivity contribution in [2.75, 3.05) is 42.1 Å². The van der Waals surface area contributed by atoms with Crippen molar-refractivity contribution in [3.8, 4) is 28.7 Å². The highest BCUT2D eigenvalue weighted by molar-refractivity contribution is 5.97. The standard InChI is InChI=1S/C20H24N2O8/c1-26-15-11-19(30-5)17(28-3)9-13(15)20(23)21-7-6-12-8-16(27-2)18(29-4)10-14(12)22(24)25/h8-11H,6-7H2,1-5H3,(H,21,23). The molecule has 0 saturated heterocycles. The normalized spacial score (nSPS) is 10.2. The molecule has 30 heavy (non-hydrogen) atoms. The van der Waals surface area contributed by atoms with Gasteiger partial charge in [0.1, 0.15) is 5.75 Å². The smallest absolute Gasteiger partial charge is 0.276 e. The number of hydrogen-bond donors (Lipinski definition) is 1. The summed E-state index contributed by atoms with van der Waals surface area (Å²) in [4.78, 5) is 23.6. The van der Waals surface area contributed by atoms with Gasteiger partial charge in [0, 0.05) is 24.2 Å². The van der Waals surface area contributed by atoms with Gasteiger partial charge in [-0.2, -0.15) is 0 Å². The number of benzene rings is 2. The van der Waals surface area contributed by atoms with Gasteiger partial charge < -0.3 is 29.0 Å². The van der Waals surface area contributed by atoms with Gasteiger partial charge in [0.15, 0.2) is 23.0 Å². The lowest BCUT2D eigenvalue weighted by atomic mass is 10.1. The van der Waals surface area contributed by atoms with E-state index in [9.17, 15) is 14.9 Å². The van der Waals surface area contributed by atoms with Crippen molar-refractivity contribution in [2.24, 2.45) is 0 Å². The molecule has 0 radical (unpaired) electrons. The summed E-state index contributed by atoms with van der Waals surface area (Å²) in [6.45, 7) is 0.145. The maximum atomic E-state index is 12.7. The Kier molecular flexibility index (Phi) is 7.68. The Hall–Kier alpha value is -3.69. The quantitative estimate of drug-likeness (QED) is 0.460. The number of rotatable bonds is 10. The number of carbonyl (C=O) groups is 1. The van der Waals surface area contributed by atoms with Crippen LogP contribution in [0, 0.1) is 10.1 Å². The monoisotopic (exact) mass is 420 g/mol. The maximum Gasteiger partial charge on any atom is 0.276 e. The van der Waals surface area contributed by atoms with Crippen molar-refractivity contribution in [1.82, 2.24) is 5.32 Å². The summed E-state index contributed by atoms with van der Waals surface area (Å²) in [5, 5.41) is 14.1. The molecule has 0 atom stereocenters. The lowest BCUT2D eigenvalue weighted by molar-refractivity contribution is -0.385. The summed E-state index contributed by atoms with van der Waals surface area (Å²) < 4.78 is 26.0. The van der Waals surface area contributed by atoms with Crippen LogP contribution in [0.1, 0.15) is 15.9 Å². The van der Waals surface area contributed by atoms with E-state index in [1.54, 1.807) is 6.07 Å². The van der Waals surface area contributed by atoms with Crippen LogP contribution in [0.2, 0.25) is 0 Å². The fourth-order valence-corrected chi connectivity index (χ4v) is 2.89. The predicted octanol–water partition coefficient (Wildman–Crippen LogP) is 2.61. The first-order valence-electron chi connectivity index (χ1n) is 8.87. The summed E-state index contributed by atoms with van der Waals surface area (Å²) in [5.74, 6) is 1.31. The molecule has 0 unspecified atom stereocenters. The summed E-state index contributed by atoms with van der Waals surface area (Å²) in [5.41, 5.74) is 0.528. The van der Waals surface area contributed by atoms with Crippen LogP contribution in [-0.4, -0.2) is 52.9 Å². The van der Waals surface area contributed by atoms with Crippen molar-refractivity contribution in [3.05, 3.63) is 45.5 Å². The minimum absolute atomic E-state index is 0.120. The van der Waals surface area contributed by atoms with Crippen molar-refractivity contribution < 1.29 is 33.4 Å². The van der Waals surface area contributed by atoms with E-state index >= 15 is 0 Å². The molecule has 0 heterocycles. The highest BCUT2D eigenvalue weighted by Gasteiger charge is 2.21. The van der Waals surface area contributed by atoms with Gasteiger partial charge in [-0.3, -0.25) is 14.9 Å². The minimum Gasteiger partial charge on any atom is -0.496 e. The Morgan fingerprint density at radius 1 is 0.833 bits per heavy atom. The van der Waals surface area contributed by atoms with Gasteiger partial charge in [0.25, 0.3) is 11.6 Å². The van der Waals surface area contributed by atoms with Crippen LogP contribution < -0.4 is 29.0 Å². The van der Waals surface area contributed by atoms with Crippen LogP contribution in [0.25, 0.3) is 0 Å². The number of methoxy groups -OCH3 is 5. The summed E-state index contributed by atoms with van der Waals surface area (Å²) in [6.07, 6.45) is 0.206. The molecule has 1 amide bonds. The molecule has 0 aliphatic heterocycles. The molecule has 10 nitrogen and oxygen atoms in total. The summed E-state index contributed by atoms with van der Waals surface area (Å²) in [6, 6.07) is 5.88. The fourth-order valence-electron chi connectivity index (χ4n) is 2.89. The summed E-state index contributed by atoms with van der Waals surface area (Å²) in [7, 11) is 7.22. The molecule has 2 rings (SSSR count).